The van der Waals surface area contributed by atoms with Crippen LogP contribution in [-0.2, 0) is 0 Å². The van der Waals surface area contributed by atoms with Gasteiger partial charge in [-0.05, 0) is 37.3 Å². The van der Waals surface area contributed by atoms with Gasteiger partial charge in [0.1, 0.15) is 17.3 Å². The number of aryl methyl sites for hydroxylation is 1. The van der Waals surface area contributed by atoms with E-state index in [4.69, 9.17) is 4.74 Å². The number of ether oxygens (including phenoxy) is 1. The molecule has 0 saturated heterocycles. The van der Waals surface area contributed by atoms with Crippen LogP contribution in [-0.4, -0.2) is 23.2 Å². The molecule has 6 heteroatoms. The van der Waals surface area contributed by atoms with Crippen molar-refractivity contribution >= 4 is 11.6 Å². The fraction of sp³-hybridized carbons (Fsp3) is 0.111. The van der Waals surface area contributed by atoms with Crippen molar-refractivity contribution < 1.29 is 13.9 Å². The number of methoxy groups -OCH3 is 1. The number of halogens is 1. The van der Waals surface area contributed by atoms with Gasteiger partial charge in [-0.25, -0.2) is 4.39 Å². The van der Waals surface area contributed by atoms with Crippen molar-refractivity contribution in [3.8, 4) is 17.0 Å². The zero-order valence-corrected chi connectivity index (χ0v) is 13.3. The Hall–Kier alpha value is -3.15. The van der Waals surface area contributed by atoms with Crippen LogP contribution >= 0.6 is 0 Å². The maximum atomic E-state index is 13.5. The lowest BCUT2D eigenvalue weighted by Crippen LogP contribution is -2.13. The quantitative estimate of drug-likeness (QED) is 0.767. The minimum absolute atomic E-state index is 0.295. The van der Waals surface area contributed by atoms with Gasteiger partial charge in [0.2, 0.25) is 0 Å². The molecule has 5 nitrogen and oxygen atoms in total. The molecule has 0 saturated carbocycles. The number of carbonyl (C=O) groups excluding carboxylic acids is 1. The Morgan fingerprint density at radius 3 is 2.75 bits per heavy atom. The van der Waals surface area contributed by atoms with E-state index in [2.05, 4.69) is 15.5 Å². The van der Waals surface area contributed by atoms with Crippen LogP contribution in [0.5, 0.6) is 5.75 Å². The summed E-state index contributed by atoms with van der Waals surface area (Å²) >= 11 is 0. The molecule has 0 fully saturated rings. The van der Waals surface area contributed by atoms with Crippen molar-refractivity contribution in [1.29, 1.82) is 0 Å². The maximum absolute atomic E-state index is 13.5. The Labute approximate surface area is 138 Å². The summed E-state index contributed by atoms with van der Waals surface area (Å²) in [5.74, 6) is -0.0637. The predicted molar refractivity (Wildman–Crippen MR) is 89.7 cm³/mol. The van der Waals surface area contributed by atoms with E-state index in [-0.39, 0.29) is 11.7 Å². The molecule has 122 valence electrons. The molecule has 1 heterocycles. The third-order valence-electron chi connectivity index (χ3n) is 3.62. The van der Waals surface area contributed by atoms with E-state index < -0.39 is 0 Å². The average molecular weight is 325 g/mol. The van der Waals surface area contributed by atoms with Crippen molar-refractivity contribution in [3.05, 3.63) is 65.6 Å². The van der Waals surface area contributed by atoms with Gasteiger partial charge in [0.25, 0.3) is 5.91 Å². The van der Waals surface area contributed by atoms with E-state index in [1.807, 2.05) is 0 Å². The molecule has 0 atom stereocenters. The van der Waals surface area contributed by atoms with Gasteiger partial charge < -0.3 is 10.1 Å². The standard InChI is InChI=1S/C18H16FN3O2/c1-11-16(17(22-21-11)12-5-3-7-14(19)9-12)20-18(23)13-6-4-8-15(10-13)24-2/h3-10H,1-2H3,(H,20,23)(H,21,22). The van der Waals surface area contributed by atoms with Crippen molar-refractivity contribution in [1.82, 2.24) is 10.2 Å². The fourth-order valence-electron chi connectivity index (χ4n) is 2.38. The molecular formula is C18H16FN3O2. The van der Waals surface area contributed by atoms with Crippen molar-refractivity contribution in [2.75, 3.05) is 12.4 Å². The zero-order valence-electron chi connectivity index (χ0n) is 13.3. The lowest BCUT2D eigenvalue weighted by molar-refractivity contribution is 0.102. The monoisotopic (exact) mass is 325 g/mol. The number of amides is 1. The van der Waals surface area contributed by atoms with Crippen LogP contribution in [0, 0.1) is 12.7 Å². The molecule has 0 radical (unpaired) electrons. The highest BCUT2D eigenvalue weighted by Crippen LogP contribution is 2.29. The van der Waals surface area contributed by atoms with Gasteiger partial charge in [-0.15, -0.1) is 0 Å². The third-order valence-corrected chi connectivity index (χ3v) is 3.62. The van der Waals surface area contributed by atoms with E-state index in [0.29, 0.717) is 34.0 Å². The van der Waals surface area contributed by atoms with Gasteiger partial charge in [0.05, 0.1) is 18.5 Å². The van der Waals surface area contributed by atoms with Crippen molar-refractivity contribution in [2.24, 2.45) is 0 Å². The van der Waals surface area contributed by atoms with Crippen LogP contribution in [0.25, 0.3) is 11.3 Å². The normalized spacial score (nSPS) is 10.5. The molecule has 0 bridgehead atoms. The number of hydrogen-bond donors (Lipinski definition) is 2. The Kier molecular flexibility index (Phi) is 4.29. The molecule has 1 amide bonds. The van der Waals surface area contributed by atoms with Crippen LogP contribution in [0.4, 0.5) is 10.1 Å². The molecule has 2 N–H and O–H groups in total. The third kappa shape index (κ3) is 3.12. The number of aromatic nitrogens is 2. The number of aromatic amines is 1. The molecule has 2 aromatic carbocycles. The van der Waals surface area contributed by atoms with Gasteiger partial charge >= 0.3 is 0 Å². The first-order chi connectivity index (χ1) is 11.6. The first-order valence-electron chi connectivity index (χ1n) is 7.35. The Morgan fingerprint density at radius 2 is 2.00 bits per heavy atom. The van der Waals surface area contributed by atoms with Crippen molar-refractivity contribution in [3.63, 3.8) is 0 Å². The van der Waals surface area contributed by atoms with Crippen LogP contribution < -0.4 is 10.1 Å². The summed E-state index contributed by atoms with van der Waals surface area (Å²) in [6.45, 7) is 1.79. The number of anilines is 1. The molecule has 0 aliphatic heterocycles. The second kappa shape index (κ2) is 6.54. The molecule has 0 unspecified atom stereocenters. The highest BCUT2D eigenvalue weighted by molar-refractivity contribution is 6.06. The topological polar surface area (TPSA) is 67.0 Å². The average Bonchev–Trinajstić information content (AvgIpc) is 2.95. The summed E-state index contributed by atoms with van der Waals surface area (Å²) < 4.78 is 18.6. The van der Waals surface area contributed by atoms with E-state index in [0.717, 1.165) is 0 Å². The second-order valence-corrected chi connectivity index (χ2v) is 5.27. The number of nitrogens with one attached hydrogen (secondary N) is 2. The van der Waals surface area contributed by atoms with E-state index >= 15 is 0 Å². The molecule has 0 aliphatic rings. The maximum Gasteiger partial charge on any atom is 0.255 e. The summed E-state index contributed by atoms with van der Waals surface area (Å²) in [6.07, 6.45) is 0. The summed E-state index contributed by atoms with van der Waals surface area (Å²) in [7, 11) is 1.54. The number of rotatable bonds is 4. The van der Waals surface area contributed by atoms with Gasteiger partial charge in [-0.1, -0.05) is 18.2 Å². The largest absolute Gasteiger partial charge is 0.497 e. The van der Waals surface area contributed by atoms with E-state index in [1.54, 1.807) is 50.4 Å². The summed E-state index contributed by atoms with van der Waals surface area (Å²) in [6, 6.07) is 12.9. The van der Waals surface area contributed by atoms with Crippen LogP contribution in [0.3, 0.4) is 0 Å². The minimum Gasteiger partial charge on any atom is -0.497 e. The smallest absolute Gasteiger partial charge is 0.255 e. The molecule has 24 heavy (non-hydrogen) atoms. The second-order valence-electron chi connectivity index (χ2n) is 5.27. The number of nitrogens with zero attached hydrogens (tertiary/aromatic N) is 1. The number of benzene rings is 2. The molecule has 1 aromatic heterocycles. The Morgan fingerprint density at radius 1 is 1.21 bits per heavy atom. The van der Waals surface area contributed by atoms with Crippen LogP contribution in [0.1, 0.15) is 16.1 Å². The van der Waals surface area contributed by atoms with Gasteiger partial charge in [0.15, 0.2) is 0 Å². The minimum atomic E-state index is -0.363. The van der Waals surface area contributed by atoms with Crippen LogP contribution in [0.15, 0.2) is 48.5 Å². The zero-order chi connectivity index (χ0) is 17.1. The highest BCUT2D eigenvalue weighted by atomic mass is 19.1. The molecule has 3 aromatic rings. The number of hydrogen-bond acceptors (Lipinski definition) is 3. The summed E-state index contributed by atoms with van der Waals surface area (Å²) in [4.78, 5) is 12.5. The van der Waals surface area contributed by atoms with Gasteiger partial charge in [0, 0.05) is 11.1 Å². The lowest BCUT2D eigenvalue weighted by Gasteiger charge is -2.08. The Bertz CT molecular complexity index is 889. The van der Waals surface area contributed by atoms with Crippen LogP contribution in [0.2, 0.25) is 0 Å². The lowest BCUT2D eigenvalue weighted by atomic mass is 10.1. The SMILES string of the molecule is COc1cccc(C(=O)Nc2c(-c3cccc(F)c3)n[nH]c2C)c1. The summed E-state index contributed by atoms with van der Waals surface area (Å²) in [5.41, 5.74) is 2.74. The van der Waals surface area contributed by atoms with Crippen molar-refractivity contribution in [2.45, 2.75) is 6.92 Å². The first kappa shape index (κ1) is 15.7. The summed E-state index contributed by atoms with van der Waals surface area (Å²) in [5, 5.41) is 9.83. The number of carbonyl (C=O) groups is 1. The van der Waals surface area contributed by atoms with E-state index in [9.17, 15) is 9.18 Å². The molecule has 0 spiro atoms. The first-order valence-corrected chi connectivity index (χ1v) is 7.35. The highest BCUT2D eigenvalue weighted by Gasteiger charge is 2.16. The van der Waals surface area contributed by atoms with E-state index in [1.165, 1.54) is 12.1 Å². The Balaban J connectivity index is 1.93. The number of H-pyrrole nitrogens is 1. The van der Waals surface area contributed by atoms with Gasteiger partial charge in [-0.3, -0.25) is 9.89 Å². The predicted octanol–water partition coefficient (Wildman–Crippen LogP) is 3.79. The molecule has 3 rings (SSSR count). The fourth-order valence-corrected chi connectivity index (χ4v) is 2.38. The molecular weight excluding hydrogens is 309 g/mol. The van der Waals surface area contributed by atoms with Gasteiger partial charge in [-0.2, -0.15) is 5.10 Å². The molecule has 0 aliphatic carbocycles.